The van der Waals surface area contributed by atoms with Crippen LogP contribution in [0, 0.1) is 6.92 Å². The van der Waals surface area contributed by atoms with Crippen LogP contribution in [0.25, 0.3) is 11.3 Å². The fourth-order valence-electron chi connectivity index (χ4n) is 1.70. The number of oxazole rings is 1. The van der Waals surface area contributed by atoms with Crippen LogP contribution in [-0.4, -0.2) is 23.2 Å². The first kappa shape index (κ1) is 12.0. The van der Waals surface area contributed by atoms with Gasteiger partial charge in [0.2, 0.25) is 5.76 Å². The van der Waals surface area contributed by atoms with Gasteiger partial charge in [-0.1, -0.05) is 0 Å². The molecule has 0 bridgehead atoms. The van der Waals surface area contributed by atoms with Crippen molar-refractivity contribution in [3.05, 3.63) is 29.5 Å². The number of nitrogen functional groups attached to an aromatic ring is 1. The van der Waals surface area contributed by atoms with E-state index in [1.54, 1.807) is 25.3 Å². The van der Waals surface area contributed by atoms with Crippen LogP contribution < -0.4 is 10.5 Å². The molecule has 0 amide bonds. The number of hydrogen-bond donors (Lipinski definition) is 2. The summed E-state index contributed by atoms with van der Waals surface area (Å²) in [6.07, 6.45) is 0. The van der Waals surface area contributed by atoms with Gasteiger partial charge in [0.25, 0.3) is 6.01 Å². The van der Waals surface area contributed by atoms with Gasteiger partial charge in [-0.05, 0) is 30.7 Å². The third-order valence-electron chi connectivity index (χ3n) is 2.51. The van der Waals surface area contributed by atoms with Crippen molar-refractivity contribution in [1.82, 2.24) is 4.98 Å². The summed E-state index contributed by atoms with van der Waals surface area (Å²) in [7, 11) is 1.57. The molecule has 1 aromatic carbocycles. The molecule has 2 aromatic rings. The number of aromatic carboxylic acids is 1. The molecular formula is C12H12N2O4. The van der Waals surface area contributed by atoms with Gasteiger partial charge >= 0.3 is 5.97 Å². The smallest absolute Gasteiger partial charge is 0.374 e. The highest BCUT2D eigenvalue weighted by atomic mass is 16.5. The number of aryl methyl sites for hydroxylation is 1. The van der Waals surface area contributed by atoms with Crippen LogP contribution in [0.3, 0.4) is 0 Å². The Morgan fingerprint density at radius 2 is 2.22 bits per heavy atom. The highest BCUT2D eigenvalue weighted by Crippen LogP contribution is 2.29. The molecule has 0 spiro atoms. The molecular weight excluding hydrogens is 236 g/mol. The van der Waals surface area contributed by atoms with E-state index in [-0.39, 0.29) is 17.5 Å². The maximum Gasteiger partial charge on any atom is 0.374 e. The minimum absolute atomic E-state index is 0.170. The minimum atomic E-state index is -1.21. The van der Waals surface area contributed by atoms with Crippen molar-refractivity contribution in [2.45, 2.75) is 6.92 Å². The Morgan fingerprint density at radius 3 is 2.78 bits per heavy atom. The van der Waals surface area contributed by atoms with Crippen molar-refractivity contribution in [2.75, 3.05) is 12.8 Å². The normalized spacial score (nSPS) is 10.3. The molecule has 0 radical (unpaired) electrons. The van der Waals surface area contributed by atoms with E-state index in [0.717, 1.165) is 5.56 Å². The van der Waals surface area contributed by atoms with Crippen molar-refractivity contribution in [1.29, 1.82) is 0 Å². The van der Waals surface area contributed by atoms with E-state index in [9.17, 15) is 4.79 Å². The first-order valence-electron chi connectivity index (χ1n) is 5.17. The number of aromatic nitrogens is 1. The second-order valence-corrected chi connectivity index (χ2v) is 3.72. The van der Waals surface area contributed by atoms with Crippen molar-refractivity contribution in [3.63, 3.8) is 0 Å². The Morgan fingerprint density at radius 1 is 1.50 bits per heavy atom. The Balaban J connectivity index is 2.55. The standard InChI is InChI=1S/C12H12N2O4/c1-6-5-7(3-4-8(6)17-2)9-10(11(15)16)18-12(13)14-9/h3-5H,1-2H3,(H2,13,14)(H,15,16). The fraction of sp³-hybridized carbons (Fsp3) is 0.167. The van der Waals surface area contributed by atoms with Crippen molar-refractivity contribution < 1.29 is 19.1 Å². The molecule has 18 heavy (non-hydrogen) atoms. The molecule has 6 heteroatoms. The number of rotatable bonds is 3. The number of hydrogen-bond acceptors (Lipinski definition) is 5. The summed E-state index contributed by atoms with van der Waals surface area (Å²) in [4.78, 5) is 14.9. The second-order valence-electron chi connectivity index (χ2n) is 3.72. The number of carboxylic acids is 1. The first-order valence-corrected chi connectivity index (χ1v) is 5.17. The van der Waals surface area contributed by atoms with E-state index in [0.29, 0.717) is 11.3 Å². The summed E-state index contributed by atoms with van der Waals surface area (Å²) in [5.74, 6) is -0.758. The molecule has 6 nitrogen and oxygen atoms in total. The van der Waals surface area contributed by atoms with Gasteiger partial charge in [-0.15, -0.1) is 0 Å². The van der Waals surface area contributed by atoms with E-state index in [2.05, 4.69) is 4.98 Å². The van der Waals surface area contributed by atoms with E-state index >= 15 is 0 Å². The highest BCUT2D eigenvalue weighted by Gasteiger charge is 2.20. The number of carboxylic acid groups (broad SMARTS) is 1. The zero-order chi connectivity index (χ0) is 13.3. The molecule has 3 N–H and O–H groups in total. The molecule has 1 heterocycles. The van der Waals surface area contributed by atoms with Crippen LogP contribution in [0.5, 0.6) is 5.75 Å². The zero-order valence-corrected chi connectivity index (χ0v) is 9.93. The topological polar surface area (TPSA) is 98.6 Å². The molecule has 0 fully saturated rings. The van der Waals surface area contributed by atoms with Crippen LogP contribution >= 0.6 is 0 Å². The van der Waals surface area contributed by atoms with Gasteiger partial charge in [0.15, 0.2) is 0 Å². The minimum Gasteiger partial charge on any atom is -0.496 e. The van der Waals surface area contributed by atoms with Crippen LogP contribution in [0.4, 0.5) is 6.01 Å². The summed E-state index contributed by atoms with van der Waals surface area (Å²) < 4.78 is 10.00. The summed E-state index contributed by atoms with van der Waals surface area (Å²) >= 11 is 0. The summed E-state index contributed by atoms with van der Waals surface area (Å²) in [5, 5.41) is 9.00. The summed E-state index contributed by atoms with van der Waals surface area (Å²) in [5.41, 5.74) is 7.08. The number of carbonyl (C=O) groups is 1. The van der Waals surface area contributed by atoms with E-state index < -0.39 is 5.97 Å². The van der Waals surface area contributed by atoms with Crippen LogP contribution in [0.15, 0.2) is 22.6 Å². The zero-order valence-electron chi connectivity index (χ0n) is 9.93. The maximum absolute atomic E-state index is 11.0. The highest BCUT2D eigenvalue weighted by molar-refractivity contribution is 5.92. The van der Waals surface area contributed by atoms with Crippen molar-refractivity contribution >= 4 is 12.0 Å². The third-order valence-corrected chi connectivity index (χ3v) is 2.51. The molecule has 94 valence electrons. The Labute approximate surface area is 103 Å². The lowest BCUT2D eigenvalue weighted by molar-refractivity contribution is 0.0665. The lowest BCUT2D eigenvalue weighted by atomic mass is 10.1. The Bertz CT molecular complexity index is 604. The lowest BCUT2D eigenvalue weighted by Crippen LogP contribution is -1.97. The SMILES string of the molecule is COc1ccc(-c2nc(N)oc2C(=O)O)cc1C. The molecule has 0 aliphatic rings. The summed E-state index contributed by atoms with van der Waals surface area (Å²) in [6, 6.07) is 5.04. The van der Waals surface area contributed by atoms with Gasteiger partial charge in [0.1, 0.15) is 11.4 Å². The van der Waals surface area contributed by atoms with Crippen LogP contribution in [-0.2, 0) is 0 Å². The van der Waals surface area contributed by atoms with E-state index in [4.69, 9.17) is 20.0 Å². The lowest BCUT2D eigenvalue weighted by Gasteiger charge is -2.05. The Kier molecular flexibility index (Phi) is 2.93. The monoisotopic (exact) mass is 248 g/mol. The van der Waals surface area contributed by atoms with E-state index in [1.807, 2.05) is 6.92 Å². The van der Waals surface area contributed by atoms with Crippen LogP contribution in [0.2, 0.25) is 0 Å². The van der Waals surface area contributed by atoms with Gasteiger partial charge in [0, 0.05) is 5.56 Å². The first-order chi connectivity index (χ1) is 8.52. The van der Waals surface area contributed by atoms with Gasteiger partial charge in [-0.25, -0.2) is 4.79 Å². The molecule has 0 saturated heterocycles. The van der Waals surface area contributed by atoms with Crippen molar-refractivity contribution in [2.24, 2.45) is 0 Å². The number of methoxy groups -OCH3 is 1. The number of benzene rings is 1. The average Bonchev–Trinajstić information content (AvgIpc) is 2.71. The maximum atomic E-state index is 11.0. The van der Waals surface area contributed by atoms with Crippen molar-refractivity contribution in [3.8, 4) is 17.0 Å². The molecule has 0 atom stereocenters. The predicted molar refractivity (Wildman–Crippen MR) is 64.6 cm³/mol. The molecule has 0 unspecified atom stereocenters. The predicted octanol–water partition coefficient (Wildman–Crippen LogP) is 1.94. The summed E-state index contributed by atoms with van der Waals surface area (Å²) in [6.45, 7) is 1.85. The molecule has 0 aliphatic heterocycles. The molecule has 1 aromatic heterocycles. The largest absolute Gasteiger partial charge is 0.496 e. The number of ether oxygens (including phenoxy) is 1. The quantitative estimate of drug-likeness (QED) is 0.861. The molecule has 2 rings (SSSR count). The molecule has 0 saturated carbocycles. The number of nitrogens with zero attached hydrogens (tertiary/aromatic N) is 1. The molecule has 0 aliphatic carbocycles. The fourth-order valence-corrected chi connectivity index (χ4v) is 1.70. The van der Waals surface area contributed by atoms with Gasteiger partial charge in [-0.2, -0.15) is 4.98 Å². The average molecular weight is 248 g/mol. The van der Waals surface area contributed by atoms with Gasteiger partial charge < -0.3 is 20.0 Å². The van der Waals surface area contributed by atoms with Gasteiger partial charge in [-0.3, -0.25) is 0 Å². The second kappa shape index (κ2) is 4.40. The number of anilines is 1. The Hall–Kier alpha value is -2.50. The third kappa shape index (κ3) is 2.00. The number of nitrogens with two attached hydrogens (primary N) is 1. The van der Waals surface area contributed by atoms with Crippen LogP contribution in [0.1, 0.15) is 16.1 Å². The van der Waals surface area contributed by atoms with Gasteiger partial charge in [0.05, 0.1) is 7.11 Å². The van der Waals surface area contributed by atoms with E-state index in [1.165, 1.54) is 0 Å².